The van der Waals surface area contributed by atoms with E-state index in [-0.39, 0.29) is 0 Å². The van der Waals surface area contributed by atoms with Crippen LogP contribution in [0, 0.1) is 3.95 Å². The number of hydrogen-bond donors (Lipinski definition) is 2. The first-order chi connectivity index (χ1) is 7.16. The van der Waals surface area contributed by atoms with Gasteiger partial charge in [-0.1, -0.05) is 29.0 Å². The molecule has 0 bridgehead atoms. The molecule has 1 aromatic heterocycles. The number of nitrogens with zero attached hydrogens (tertiary/aromatic N) is 1. The molecular weight excluding hydrogens is 318 g/mol. The van der Waals surface area contributed by atoms with Gasteiger partial charge in [-0.2, -0.15) is 0 Å². The van der Waals surface area contributed by atoms with Crippen molar-refractivity contribution >= 4 is 61.9 Å². The van der Waals surface area contributed by atoms with Gasteiger partial charge in [0.15, 0.2) is 3.95 Å². The summed E-state index contributed by atoms with van der Waals surface area (Å²) in [4.78, 5) is 0. The molecular formula is C8H5BrClN3S2. The Morgan fingerprint density at radius 1 is 1.53 bits per heavy atom. The first-order valence-corrected chi connectivity index (χ1v) is 6.33. The number of H-pyrrole nitrogens is 1. The fourth-order valence-corrected chi connectivity index (χ4v) is 2.34. The Kier molecular flexibility index (Phi) is 3.40. The summed E-state index contributed by atoms with van der Waals surface area (Å²) in [5.74, 6) is 0. The third kappa shape index (κ3) is 2.57. The Labute approximate surface area is 109 Å². The van der Waals surface area contributed by atoms with Crippen LogP contribution in [0.15, 0.2) is 22.7 Å². The number of nitrogens with one attached hydrogen (secondary N) is 2. The average Bonchev–Trinajstić information content (AvgIpc) is 2.59. The van der Waals surface area contributed by atoms with E-state index < -0.39 is 0 Å². The lowest BCUT2D eigenvalue weighted by molar-refractivity contribution is 1.08. The van der Waals surface area contributed by atoms with Crippen LogP contribution in [0.1, 0.15) is 0 Å². The minimum absolute atomic E-state index is 0.635. The van der Waals surface area contributed by atoms with Crippen molar-refractivity contribution < 1.29 is 0 Å². The van der Waals surface area contributed by atoms with Gasteiger partial charge in [0.2, 0.25) is 5.13 Å². The second-order valence-electron chi connectivity index (χ2n) is 2.64. The number of anilines is 2. The van der Waals surface area contributed by atoms with E-state index in [1.807, 2.05) is 18.2 Å². The molecule has 3 nitrogen and oxygen atoms in total. The highest BCUT2D eigenvalue weighted by atomic mass is 79.9. The maximum atomic E-state index is 5.95. The molecule has 1 heterocycles. The van der Waals surface area contributed by atoms with E-state index in [2.05, 4.69) is 31.4 Å². The molecule has 0 fully saturated rings. The van der Waals surface area contributed by atoms with Crippen LogP contribution in [0.25, 0.3) is 0 Å². The molecule has 2 aromatic rings. The Morgan fingerprint density at radius 3 is 3.00 bits per heavy atom. The van der Waals surface area contributed by atoms with Gasteiger partial charge in [0.05, 0.1) is 15.2 Å². The van der Waals surface area contributed by atoms with Crippen molar-refractivity contribution in [3.63, 3.8) is 0 Å². The molecule has 0 spiro atoms. The zero-order valence-corrected chi connectivity index (χ0v) is 11.2. The van der Waals surface area contributed by atoms with E-state index >= 15 is 0 Å². The Morgan fingerprint density at radius 2 is 2.33 bits per heavy atom. The van der Waals surface area contributed by atoms with Crippen LogP contribution in [0.5, 0.6) is 0 Å². The van der Waals surface area contributed by atoms with Gasteiger partial charge in [-0.05, 0) is 40.3 Å². The van der Waals surface area contributed by atoms with Crippen molar-refractivity contribution in [1.29, 1.82) is 0 Å². The van der Waals surface area contributed by atoms with E-state index in [4.69, 9.17) is 23.8 Å². The van der Waals surface area contributed by atoms with Gasteiger partial charge in [-0.15, -0.1) is 5.10 Å². The van der Waals surface area contributed by atoms with Crippen molar-refractivity contribution in [1.82, 2.24) is 10.2 Å². The SMILES string of the molecule is S=c1[nH]nc(Nc2cccc(Cl)c2Br)s1. The lowest BCUT2D eigenvalue weighted by atomic mass is 10.3. The topological polar surface area (TPSA) is 40.7 Å². The monoisotopic (exact) mass is 321 g/mol. The van der Waals surface area contributed by atoms with Gasteiger partial charge in [-0.3, -0.25) is 5.10 Å². The molecule has 0 saturated heterocycles. The molecule has 0 amide bonds. The molecule has 1 aromatic carbocycles. The Balaban J connectivity index is 2.32. The zero-order valence-electron chi connectivity index (χ0n) is 7.25. The van der Waals surface area contributed by atoms with E-state index in [9.17, 15) is 0 Å². The van der Waals surface area contributed by atoms with Crippen LogP contribution >= 0.6 is 51.1 Å². The first kappa shape index (κ1) is 11.1. The summed E-state index contributed by atoms with van der Waals surface area (Å²) in [6.45, 7) is 0. The first-order valence-electron chi connectivity index (χ1n) is 3.93. The molecule has 0 saturated carbocycles. The fraction of sp³-hybridized carbons (Fsp3) is 0. The molecule has 0 radical (unpaired) electrons. The van der Waals surface area contributed by atoms with Gasteiger partial charge in [0, 0.05) is 0 Å². The molecule has 7 heteroatoms. The lowest BCUT2D eigenvalue weighted by Crippen LogP contribution is -1.90. The van der Waals surface area contributed by atoms with Crippen LogP contribution in [0.4, 0.5) is 10.8 Å². The summed E-state index contributed by atoms with van der Waals surface area (Å²) < 4.78 is 1.45. The molecule has 0 unspecified atom stereocenters. The Hall–Kier alpha value is -0.430. The number of aromatic nitrogens is 2. The highest BCUT2D eigenvalue weighted by Crippen LogP contribution is 2.32. The summed E-state index contributed by atoms with van der Waals surface area (Å²) in [6, 6.07) is 5.57. The average molecular weight is 323 g/mol. The van der Waals surface area contributed by atoms with Crippen LogP contribution in [0.2, 0.25) is 5.02 Å². The normalized spacial score (nSPS) is 10.3. The second kappa shape index (κ2) is 4.61. The predicted octanol–water partition coefficient (Wildman–Crippen LogP) is 4.36. The highest BCUT2D eigenvalue weighted by molar-refractivity contribution is 9.10. The van der Waals surface area contributed by atoms with Crippen molar-refractivity contribution in [2.45, 2.75) is 0 Å². The third-order valence-corrected chi connectivity index (χ3v) is 4.03. The number of rotatable bonds is 2. The number of hydrogen-bond acceptors (Lipinski definition) is 4. The van der Waals surface area contributed by atoms with E-state index in [0.717, 1.165) is 10.2 Å². The minimum Gasteiger partial charge on any atom is -0.329 e. The molecule has 2 N–H and O–H groups in total. The molecule has 0 aliphatic heterocycles. The van der Waals surface area contributed by atoms with Gasteiger partial charge < -0.3 is 5.32 Å². The predicted molar refractivity (Wildman–Crippen MR) is 69.7 cm³/mol. The molecule has 0 aliphatic carbocycles. The Bertz CT molecular complexity index is 537. The standard InChI is InChI=1S/C8H5BrClN3S2/c9-6-4(10)2-1-3-5(6)11-7-12-13-8(14)15-7/h1-3H,(H,11,12)(H,13,14). The van der Waals surface area contributed by atoms with Crippen LogP contribution < -0.4 is 5.32 Å². The summed E-state index contributed by atoms with van der Waals surface area (Å²) >= 11 is 15.6. The molecule has 0 atom stereocenters. The lowest BCUT2D eigenvalue weighted by Gasteiger charge is -2.05. The minimum atomic E-state index is 0.635. The maximum Gasteiger partial charge on any atom is 0.208 e. The highest BCUT2D eigenvalue weighted by Gasteiger charge is 2.05. The van der Waals surface area contributed by atoms with Gasteiger partial charge in [0.1, 0.15) is 0 Å². The van der Waals surface area contributed by atoms with E-state index in [1.165, 1.54) is 11.3 Å². The van der Waals surface area contributed by atoms with Gasteiger partial charge in [-0.25, -0.2) is 0 Å². The van der Waals surface area contributed by atoms with E-state index in [0.29, 0.717) is 14.1 Å². The van der Waals surface area contributed by atoms with Crippen molar-refractivity contribution in [3.05, 3.63) is 31.6 Å². The summed E-state index contributed by atoms with van der Waals surface area (Å²) in [6.07, 6.45) is 0. The number of aromatic amines is 1. The summed E-state index contributed by atoms with van der Waals surface area (Å²) in [5.41, 5.74) is 0.861. The molecule has 0 aliphatic rings. The van der Waals surface area contributed by atoms with Crippen molar-refractivity contribution in [2.24, 2.45) is 0 Å². The van der Waals surface area contributed by atoms with Gasteiger partial charge >= 0.3 is 0 Å². The third-order valence-electron chi connectivity index (χ3n) is 1.63. The van der Waals surface area contributed by atoms with Crippen LogP contribution in [-0.2, 0) is 0 Å². The smallest absolute Gasteiger partial charge is 0.208 e. The summed E-state index contributed by atoms with van der Waals surface area (Å²) in [5, 5.41) is 11.2. The van der Waals surface area contributed by atoms with Crippen molar-refractivity contribution in [3.8, 4) is 0 Å². The maximum absolute atomic E-state index is 5.95. The summed E-state index contributed by atoms with van der Waals surface area (Å²) in [7, 11) is 0. The van der Waals surface area contributed by atoms with Gasteiger partial charge in [0.25, 0.3) is 0 Å². The molecule has 2 rings (SSSR count). The quantitative estimate of drug-likeness (QED) is 0.807. The second-order valence-corrected chi connectivity index (χ2v) is 5.51. The van der Waals surface area contributed by atoms with Crippen molar-refractivity contribution in [2.75, 3.05) is 5.32 Å². The van der Waals surface area contributed by atoms with Crippen LogP contribution in [-0.4, -0.2) is 10.2 Å². The largest absolute Gasteiger partial charge is 0.329 e. The number of benzene rings is 1. The zero-order chi connectivity index (χ0) is 10.8. The fourth-order valence-electron chi connectivity index (χ4n) is 0.999. The van der Waals surface area contributed by atoms with E-state index in [1.54, 1.807) is 0 Å². The molecule has 78 valence electrons. The number of halogens is 2. The molecule has 15 heavy (non-hydrogen) atoms. The van der Waals surface area contributed by atoms with Crippen LogP contribution in [0.3, 0.4) is 0 Å².